The van der Waals surface area contributed by atoms with Crippen LogP contribution >= 0.6 is 11.6 Å². The summed E-state index contributed by atoms with van der Waals surface area (Å²) in [5.74, 6) is -1.68. The van der Waals surface area contributed by atoms with E-state index in [1.165, 1.54) is 18.2 Å². The first-order chi connectivity index (χ1) is 21.4. The van der Waals surface area contributed by atoms with E-state index in [0.29, 0.717) is 39.5 Å². The highest BCUT2D eigenvalue weighted by Crippen LogP contribution is 2.41. The van der Waals surface area contributed by atoms with E-state index in [0.717, 1.165) is 32.7 Å². The zero-order valence-corrected chi connectivity index (χ0v) is 26.3. The molecule has 7 nitrogen and oxygen atoms in total. The first-order valence-corrected chi connectivity index (χ1v) is 15.5. The van der Waals surface area contributed by atoms with E-state index < -0.39 is 17.9 Å². The van der Waals surface area contributed by atoms with Gasteiger partial charge in [-0.1, -0.05) is 90.5 Å². The zero-order chi connectivity index (χ0) is 31.1. The van der Waals surface area contributed by atoms with Crippen LogP contribution in [0.4, 0.5) is 0 Å². The Bertz CT molecular complexity index is 1480. The lowest BCUT2D eigenvalue weighted by Crippen LogP contribution is -2.48. The van der Waals surface area contributed by atoms with E-state index in [9.17, 15) is 9.59 Å². The van der Waals surface area contributed by atoms with Crippen molar-refractivity contribution in [1.82, 2.24) is 15.1 Å². The second-order valence-electron chi connectivity index (χ2n) is 11.2. The third kappa shape index (κ3) is 7.07. The van der Waals surface area contributed by atoms with E-state index in [-0.39, 0.29) is 12.6 Å². The van der Waals surface area contributed by atoms with Crippen molar-refractivity contribution < 1.29 is 19.1 Å². The Kier molecular flexibility index (Phi) is 10.5. The molecule has 3 aromatic rings. The molecule has 2 aliphatic rings. The van der Waals surface area contributed by atoms with Crippen LogP contribution in [0.2, 0.25) is 5.02 Å². The van der Waals surface area contributed by atoms with Gasteiger partial charge in [-0.2, -0.15) is 0 Å². The number of halogens is 1. The van der Waals surface area contributed by atoms with E-state index in [2.05, 4.69) is 75.8 Å². The Labute approximate surface area is 265 Å². The minimum Gasteiger partial charge on any atom is -0.466 e. The predicted molar refractivity (Wildman–Crippen MR) is 173 cm³/mol. The van der Waals surface area contributed by atoms with Crippen molar-refractivity contribution in [3.63, 3.8) is 0 Å². The van der Waals surface area contributed by atoms with Crippen LogP contribution in [0.1, 0.15) is 48.9 Å². The lowest BCUT2D eigenvalue weighted by atomic mass is 9.80. The summed E-state index contributed by atoms with van der Waals surface area (Å²) in [7, 11) is 1.33. The number of hydrogen-bond donors (Lipinski definition) is 1. The van der Waals surface area contributed by atoms with Crippen LogP contribution in [0.3, 0.4) is 0 Å². The van der Waals surface area contributed by atoms with Gasteiger partial charge in [0.25, 0.3) is 0 Å². The second kappa shape index (κ2) is 14.7. The summed E-state index contributed by atoms with van der Waals surface area (Å²) in [6.45, 7) is 8.51. The summed E-state index contributed by atoms with van der Waals surface area (Å²) >= 11 is 6.57. The molecule has 0 bridgehead atoms. The molecule has 5 rings (SSSR count). The maximum absolute atomic E-state index is 13.5. The van der Waals surface area contributed by atoms with Crippen LogP contribution in [-0.2, 0) is 19.1 Å². The van der Waals surface area contributed by atoms with Crippen LogP contribution in [0.15, 0.2) is 107 Å². The largest absolute Gasteiger partial charge is 0.466 e. The van der Waals surface area contributed by atoms with E-state index in [1.54, 1.807) is 13.0 Å². The molecule has 230 valence electrons. The van der Waals surface area contributed by atoms with Gasteiger partial charge in [-0.25, -0.2) is 9.59 Å². The monoisotopic (exact) mass is 613 g/mol. The van der Waals surface area contributed by atoms with Crippen LogP contribution in [-0.4, -0.2) is 68.2 Å². The summed E-state index contributed by atoms with van der Waals surface area (Å²) in [6, 6.07) is 28.8. The second-order valence-corrected chi connectivity index (χ2v) is 11.6. The molecule has 0 aliphatic carbocycles. The van der Waals surface area contributed by atoms with Gasteiger partial charge < -0.3 is 19.7 Å². The first kappa shape index (κ1) is 31.5. The lowest BCUT2D eigenvalue weighted by Gasteiger charge is -2.39. The molecular formula is C36H40ClN3O4. The molecule has 1 N–H and O–H groups in total. The molecule has 8 heteroatoms. The van der Waals surface area contributed by atoms with Gasteiger partial charge in [0, 0.05) is 49.1 Å². The average molecular weight is 614 g/mol. The molecule has 1 unspecified atom stereocenters. The molecule has 2 aliphatic heterocycles. The molecule has 44 heavy (non-hydrogen) atoms. The number of benzene rings is 3. The molecule has 1 fully saturated rings. The molecule has 3 aromatic carbocycles. The predicted octanol–water partition coefficient (Wildman–Crippen LogP) is 6.09. The van der Waals surface area contributed by atoms with Crippen molar-refractivity contribution in [2.75, 3.05) is 46.4 Å². The van der Waals surface area contributed by atoms with E-state index in [4.69, 9.17) is 21.1 Å². The molecule has 0 aromatic heterocycles. The molecule has 0 radical (unpaired) electrons. The summed E-state index contributed by atoms with van der Waals surface area (Å²) in [6.07, 6.45) is 0.710. The number of rotatable bonds is 10. The van der Waals surface area contributed by atoms with Gasteiger partial charge in [-0.15, -0.1) is 0 Å². The third-order valence-corrected chi connectivity index (χ3v) is 8.80. The minimum atomic E-state index is -0.694. The van der Waals surface area contributed by atoms with Crippen molar-refractivity contribution in [3.05, 3.63) is 129 Å². The van der Waals surface area contributed by atoms with Crippen molar-refractivity contribution in [2.45, 2.75) is 32.2 Å². The highest BCUT2D eigenvalue weighted by molar-refractivity contribution is 6.31. The molecule has 1 atom stereocenters. The normalized spacial score (nSPS) is 17.9. The lowest BCUT2D eigenvalue weighted by molar-refractivity contribution is -0.139. The van der Waals surface area contributed by atoms with Gasteiger partial charge >= 0.3 is 11.9 Å². The smallest absolute Gasteiger partial charge is 0.336 e. The summed E-state index contributed by atoms with van der Waals surface area (Å²) < 4.78 is 10.9. The van der Waals surface area contributed by atoms with Crippen LogP contribution in [0.25, 0.3) is 0 Å². The Balaban J connectivity index is 1.19. The van der Waals surface area contributed by atoms with Crippen molar-refractivity contribution >= 4 is 23.5 Å². The van der Waals surface area contributed by atoms with Crippen molar-refractivity contribution in [2.24, 2.45) is 0 Å². The third-order valence-electron chi connectivity index (χ3n) is 8.46. The molecule has 0 amide bonds. The minimum absolute atomic E-state index is 0.222. The van der Waals surface area contributed by atoms with Gasteiger partial charge in [-0.05, 0) is 43.0 Å². The SMILES string of the molecule is COC(=O)C1=C(C)NC(C)=C(C(=O)OCCCN2CCN(C(c3ccccc3)c3ccccc3)CC2)C1c1ccccc1Cl. The summed E-state index contributed by atoms with van der Waals surface area (Å²) in [5.41, 5.74) is 5.23. The molecule has 0 spiro atoms. The number of ether oxygens (including phenoxy) is 2. The quantitative estimate of drug-likeness (QED) is 0.219. The van der Waals surface area contributed by atoms with Gasteiger partial charge in [-0.3, -0.25) is 4.90 Å². The van der Waals surface area contributed by atoms with E-state index in [1.807, 2.05) is 25.1 Å². The topological polar surface area (TPSA) is 71.1 Å². The summed E-state index contributed by atoms with van der Waals surface area (Å²) in [5, 5.41) is 3.64. The number of allylic oxidation sites excluding steroid dienone is 2. The van der Waals surface area contributed by atoms with Crippen LogP contribution in [0.5, 0.6) is 0 Å². The van der Waals surface area contributed by atoms with Gasteiger partial charge in [0.2, 0.25) is 0 Å². The number of carbonyl (C=O) groups is 2. The van der Waals surface area contributed by atoms with Gasteiger partial charge in [0.05, 0.1) is 36.8 Å². The number of methoxy groups -OCH3 is 1. The maximum atomic E-state index is 13.5. The standard InChI is InChI=1S/C36H40ClN3O4/c1-25-31(35(41)43-3)33(29-17-10-11-18-30(29)37)32(26(2)38-25)36(42)44-24-12-19-39-20-22-40(23-21-39)34(27-13-6-4-7-14-27)28-15-8-5-9-16-28/h4-11,13-18,33-34,38H,12,19-24H2,1-3H3. The fraction of sp³-hybridized carbons (Fsp3) is 0.333. The highest BCUT2D eigenvalue weighted by Gasteiger charge is 2.38. The van der Waals surface area contributed by atoms with Crippen LogP contribution < -0.4 is 5.32 Å². The average Bonchev–Trinajstić information content (AvgIpc) is 3.04. The first-order valence-electron chi connectivity index (χ1n) is 15.1. The Hall–Kier alpha value is -3.91. The van der Waals surface area contributed by atoms with Crippen molar-refractivity contribution in [1.29, 1.82) is 0 Å². The number of carbonyl (C=O) groups excluding carboxylic acids is 2. The zero-order valence-electron chi connectivity index (χ0n) is 25.6. The maximum Gasteiger partial charge on any atom is 0.336 e. The Morgan fingerprint density at radius 3 is 1.93 bits per heavy atom. The number of piperazine rings is 1. The fourth-order valence-corrected chi connectivity index (χ4v) is 6.57. The molecule has 2 heterocycles. The highest BCUT2D eigenvalue weighted by atomic mass is 35.5. The Morgan fingerprint density at radius 1 is 0.818 bits per heavy atom. The number of dihydropyridines is 1. The van der Waals surface area contributed by atoms with Gasteiger partial charge in [0.1, 0.15) is 0 Å². The number of hydrogen-bond acceptors (Lipinski definition) is 7. The van der Waals surface area contributed by atoms with Gasteiger partial charge in [0.15, 0.2) is 0 Å². The van der Waals surface area contributed by atoms with Crippen LogP contribution in [0, 0.1) is 0 Å². The summed E-state index contributed by atoms with van der Waals surface area (Å²) in [4.78, 5) is 31.4. The fourth-order valence-electron chi connectivity index (χ4n) is 6.33. The number of nitrogens with one attached hydrogen (secondary N) is 1. The molecule has 1 saturated heterocycles. The molecular weight excluding hydrogens is 574 g/mol. The number of esters is 2. The van der Waals surface area contributed by atoms with Crippen molar-refractivity contribution in [3.8, 4) is 0 Å². The Morgan fingerprint density at radius 2 is 1.36 bits per heavy atom. The van der Waals surface area contributed by atoms with E-state index >= 15 is 0 Å². The number of nitrogens with zero attached hydrogens (tertiary/aromatic N) is 2. The molecule has 0 saturated carbocycles.